The van der Waals surface area contributed by atoms with Crippen molar-refractivity contribution in [3.63, 3.8) is 0 Å². The second-order valence-corrected chi connectivity index (χ2v) is 4.76. The Labute approximate surface area is 96.8 Å². The van der Waals surface area contributed by atoms with Gasteiger partial charge < -0.3 is 10.6 Å². The van der Waals surface area contributed by atoms with Gasteiger partial charge in [0.2, 0.25) is 0 Å². The van der Waals surface area contributed by atoms with Crippen LogP contribution in [0.5, 0.6) is 0 Å². The van der Waals surface area contributed by atoms with E-state index in [1.807, 2.05) is 30.0 Å². The van der Waals surface area contributed by atoms with Crippen LogP contribution in [0.2, 0.25) is 0 Å². The van der Waals surface area contributed by atoms with E-state index < -0.39 is 0 Å². The lowest BCUT2D eigenvalue weighted by molar-refractivity contribution is 0.331. The van der Waals surface area contributed by atoms with Gasteiger partial charge in [-0.25, -0.2) is 0 Å². The van der Waals surface area contributed by atoms with E-state index in [0.717, 1.165) is 18.8 Å². The van der Waals surface area contributed by atoms with E-state index in [-0.39, 0.29) is 6.04 Å². The molecule has 0 aliphatic rings. The lowest BCUT2D eigenvalue weighted by atomic mass is 10.1. The summed E-state index contributed by atoms with van der Waals surface area (Å²) in [6.07, 6.45) is 2.13. The van der Waals surface area contributed by atoms with E-state index in [1.165, 1.54) is 5.56 Å². The van der Waals surface area contributed by atoms with Crippen LogP contribution >= 0.6 is 11.8 Å². The lowest BCUT2D eigenvalue weighted by Crippen LogP contribution is -2.30. The molecule has 0 heterocycles. The molecule has 1 aromatic rings. The predicted octanol–water partition coefficient (Wildman–Crippen LogP) is 1.98. The number of rotatable bonds is 6. The smallest absolute Gasteiger partial charge is 0.0424 e. The number of hydrogen-bond acceptors (Lipinski definition) is 3. The molecule has 2 N–H and O–H groups in total. The summed E-state index contributed by atoms with van der Waals surface area (Å²) < 4.78 is 0. The highest BCUT2D eigenvalue weighted by molar-refractivity contribution is 7.98. The van der Waals surface area contributed by atoms with Gasteiger partial charge >= 0.3 is 0 Å². The molecule has 0 aliphatic carbocycles. The average molecular weight is 224 g/mol. The predicted molar refractivity (Wildman–Crippen MR) is 69.2 cm³/mol. The van der Waals surface area contributed by atoms with Crippen LogP contribution in [-0.4, -0.2) is 37.0 Å². The van der Waals surface area contributed by atoms with Crippen molar-refractivity contribution in [2.24, 2.45) is 5.73 Å². The molecule has 1 rings (SSSR count). The third-order valence-electron chi connectivity index (χ3n) is 2.41. The average Bonchev–Trinajstić information content (AvgIpc) is 2.27. The van der Waals surface area contributed by atoms with Crippen LogP contribution in [0, 0.1) is 0 Å². The van der Waals surface area contributed by atoms with Gasteiger partial charge in [0.25, 0.3) is 0 Å². The highest BCUT2D eigenvalue weighted by atomic mass is 32.2. The lowest BCUT2D eigenvalue weighted by Gasteiger charge is -2.21. The molecule has 84 valence electrons. The Bertz CT molecular complexity index is 264. The zero-order valence-corrected chi connectivity index (χ0v) is 10.3. The second-order valence-electron chi connectivity index (χ2n) is 3.77. The Morgan fingerprint density at radius 1 is 1.33 bits per heavy atom. The van der Waals surface area contributed by atoms with E-state index >= 15 is 0 Å². The van der Waals surface area contributed by atoms with Crippen LogP contribution in [0.15, 0.2) is 30.3 Å². The fraction of sp³-hybridized carbons (Fsp3) is 0.500. The summed E-state index contributed by atoms with van der Waals surface area (Å²) in [6, 6.07) is 10.4. The molecular weight excluding hydrogens is 204 g/mol. The fourth-order valence-electron chi connectivity index (χ4n) is 1.48. The minimum atomic E-state index is 0.123. The van der Waals surface area contributed by atoms with E-state index in [2.05, 4.69) is 30.3 Å². The van der Waals surface area contributed by atoms with Crippen molar-refractivity contribution < 1.29 is 0 Å². The maximum atomic E-state index is 6.12. The van der Waals surface area contributed by atoms with Gasteiger partial charge in [-0.2, -0.15) is 11.8 Å². The number of hydrogen-bond donors (Lipinski definition) is 1. The molecule has 0 aromatic heterocycles. The van der Waals surface area contributed by atoms with E-state index in [1.54, 1.807) is 0 Å². The molecule has 0 radical (unpaired) electrons. The summed E-state index contributed by atoms with van der Waals surface area (Å²) in [5.74, 6) is 1.16. The number of thioether (sulfide) groups is 1. The topological polar surface area (TPSA) is 29.3 Å². The van der Waals surface area contributed by atoms with Crippen LogP contribution in [0.25, 0.3) is 0 Å². The molecule has 0 bridgehead atoms. The van der Waals surface area contributed by atoms with Gasteiger partial charge in [0.15, 0.2) is 0 Å². The molecule has 1 unspecified atom stereocenters. The third kappa shape index (κ3) is 4.69. The van der Waals surface area contributed by atoms with Gasteiger partial charge in [0, 0.05) is 24.9 Å². The second kappa shape index (κ2) is 6.88. The van der Waals surface area contributed by atoms with Crippen molar-refractivity contribution in [2.45, 2.75) is 6.04 Å². The quantitative estimate of drug-likeness (QED) is 0.801. The van der Waals surface area contributed by atoms with Crippen molar-refractivity contribution in [3.05, 3.63) is 35.9 Å². The zero-order chi connectivity index (χ0) is 11.1. The highest BCUT2D eigenvalue weighted by Crippen LogP contribution is 2.10. The molecule has 1 atom stereocenters. The summed E-state index contributed by atoms with van der Waals surface area (Å²) in [6.45, 7) is 2.02. The Hall–Kier alpha value is -0.510. The first-order valence-electron chi connectivity index (χ1n) is 5.22. The van der Waals surface area contributed by atoms with Gasteiger partial charge in [0.05, 0.1) is 0 Å². The Morgan fingerprint density at radius 3 is 2.60 bits per heavy atom. The standard InChI is InChI=1S/C12H20N2S/c1-14(8-9-15-2)10-12(13)11-6-4-3-5-7-11/h3-7,12H,8-10,13H2,1-2H3. The van der Waals surface area contributed by atoms with Crippen LogP contribution in [0.1, 0.15) is 11.6 Å². The molecule has 0 saturated carbocycles. The van der Waals surface area contributed by atoms with E-state index in [0.29, 0.717) is 0 Å². The van der Waals surface area contributed by atoms with Crippen molar-refractivity contribution in [2.75, 3.05) is 32.1 Å². The van der Waals surface area contributed by atoms with E-state index in [9.17, 15) is 0 Å². The molecule has 0 amide bonds. The summed E-state index contributed by atoms with van der Waals surface area (Å²) in [7, 11) is 2.12. The third-order valence-corrected chi connectivity index (χ3v) is 3.00. The van der Waals surface area contributed by atoms with Gasteiger partial charge in [0.1, 0.15) is 0 Å². The molecule has 0 aliphatic heterocycles. The van der Waals surface area contributed by atoms with Crippen molar-refractivity contribution in [3.8, 4) is 0 Å². The van der Waals surface area contributed by atoms with Crippen LogP contribution < -0.4 is 5.73 Å². The first-order valence-corrected chi connectivity index (χ1v) is 6.61. The Balaban J connectivity index is 2.38. The van der Waals surface area contributed by atoms with Gasteiger partial charge in [-0.1, -0.05) is 30.3 Å². The van der Waals surface area contributed by atoms with Gasteiger partial charge in [-0.3, -0.25) is 0 Å². The normalized spacial score (nSPS) is 13.1. The van der Waals surface area contributed by atoms with Gasteiger partial charge in [-0.15, -0.1) is 0 Å². The number of likely N-dealkylation sites (N-methyl/N-ethyl adjacent to an activating group) is 1. The molecule has 15 heavy (non-hydrogen) atoms. The van der Waals surface area contributed by atoms with Crippen molar-refractivity contribution in [1.29, 1.82) is 0 Å². The number of nitrogens with two attached hydrogens (primary N) is 1. The first kappa shape index (κ1) is 12.6. The SMILES string of the molecule is CSCCN(C)CC(N)c1ccccc1. The van der Waals surface area contributed by atoms with E-state index in [4.69, 9.17) is 5.73 Å². The fourth-order valence-corrected chi connectivity index (χ4v) is 1.97. The molecule has 0 spiro atoms. The summed E-state index contributed by atoms with van der Waals surface area (Å²) >= 11 is 1.87. The number of benzene rings is 1. The zero-order valence-electron chi connectivity index (χ0n) is 9.52. The molecule has 0 saturated heterocycles. The van der Waals surface area contributed by atoms with Crippen molar-refractivity contribution >= 4 is 11.8 Å². The monoisotopic (exact) mass is 224 g/mol. The maximum Gasteiger partial charge on any atom is 0.0424 e. The van der Waals surface area contributed by atoms with Gasteiger partial charge in [-0.05, 0) is 18.9 Å². The Morgan fingerprint density at radius 2 is 2.00 bits per heavy atom. The molecule has 2 nitrogen and oxygen atoms in total. The summed E-state index contributed by atoms with van der Waals surface area (Å²) in [5, 5.41) is 0. The highest BCUT2D eigenvalue weighted by Gasteiger charge is 2.07. The Kier molecular flexibility index (Phi) is 5.76. The number of nitrogens with zero attached hydrogens (tertiary/aromatic N) is 1. The van der Waals surface area contributed by atoms with Crippen LogP contribution in [0.4, 0.5) is 0 Å². The molecule has 3 heteroatoms. The maximum absolute atomic E-state index is 6.12. The molecule has 1 aromatic carbocycles. The van der Waals surface area contributed by atoms with Crippen LogP contribution in [0.3, 0.4) is 0 Å². The molecular formula is C12H20N2S. The first-order chi connectivity index (χ1) is 7.24. The van der Waals surface area contributed by atoms with Crippen LogP contribution in [-0.2, 0) is 0 Å². The summed E-state index contributed by atoms with van der Waals surface area (Å²) in [5.41, 5.74) is 7.34. The minimum absolute atomic E-state index is 0.123. The minimum Gasteiger partial charge on any atom is -0.323 e. The van der Waals surface area contributed by atoms with Crippen molar-refractivity contribution in [1.82, 2.24) is 4.90 Å². The summed E-state index contributed by atoms with van der Waals surface area (Å²) in [4.78, 5) is 2.29. The molecule has 0 fully saturated rings. The largest absolute Gasteiger partial charge is 0.323 e.